The van der Waals surface area contributed by atoms with E-state index in [0.717, 1.165) is 5.56 Å². The zero-order valence-corrected chi connectivity index (χ0v) is 25.7. The Morgan fingerprint density at radius 3 is 2.56 bits per heavy atom. The molecule has 0 aliphatic rings. The van der Waals surface area contributed by atoms with E-state index < -0.39 is 23.6 Å². The largest absolute Gasteiger partial charge is 0.495 e. The molecule has 2 aromatic carbocycles. The van der Waals surface area contributed by atoms with Crippen molar-refractivity contribution in [3.05, 3.63) is 71.7 Å². The molecule has 0 saturated heterocycles. The van der Waals surface area contributed by atoms with Gasteiger partial charge in [0.25, 0.3) is 0 Å². The summed E-state index contributed by atoms with van der Waals surface area (Å²) in [5.74, 6) is -0.674. The number of anilines is 4. The van der Waals surface area contributed by atoms with Crippen molar-refractivity contribution in [1.29, 1.82) is 0 Å². The number of Topliss-reactive ketones (excluding diaryl/α,β-unsaturated/α-hetero) is 1. The maximum absolute atomic E-state index is 14.1. The number of nitrogens with one attached hydrogen (secondary N) is 3. The van der Waals surface area contributed by atoms with Crippen LogP contribution in [0.3, 0.4) is 0 Å². The molecule has 0 aliphatic carbocycles. The van der Waals surface area contributed by atoms with Crippen molar-refractivity contribution in [2.24, 2.45) is 0 Å². The van der Waals surface area contributed by atoms with Gasteiger partial charge in [-0.2, -0.15) is 23.3 Å². The number of nitrogens with zero attached hydrogens (tertiary/aromatic N) is 4. The summed E-state index contributed by atoms with van der Waals surface area (Å²) >= 11 is 0. The van der Waals surface area contributed by atoms with E-state index in [1.54, 1.807) is 54.5 Å². The fraction of sp³-hybridized carbons (Fsp3) is 0.333. The summed E-state index contributed by atoms with van der Waals surface area (Å²) in [6, 6.07) is 9.20. The molecule has 0 spiro atoms. The first-order valence-electron chi connectivity index (χ1n) is 14.0. The summed E-state index contributed by atoms with van der Waals surface area (Å²) in [6.07, 6.45) is 0.477. The first-order chi connectivity index (χ1) is 21.6. The number of alkyl halides is 3. The molecule has 0 bridgehead atoms. The summed E-state index contributed by atoms with van der Waals surface area (Å²) in [6.45, 7) is 2.34. The third-order valence-corrected chi connectivity index (χ3v) is 7.47. The second-order valence-electron chi connectivity index (χ2n) is 9.97. The van der Waals surface area contributed by atoms with E-state index in [1.807, 2.05) is 6.92 Å². The van der Waals surface area contributed by atoms with Crippen molar-refractivity contribution < 1.29 is 32.4 Å². The topological polar surface area (TPSA) is 143 Å². The second kappa shape index (κ2) is 15.1. The molecule has 1 atom stereocenters. The summed E-state index contributed by atoms with van der Waals surface area (Å²) < 4.78 is 60.4. The van der Waals surface area contributed by atoms with Crippen LogP contribution in [0, 0.1) is 0 Å². The van der Waals surface area contributed by atoms with Gasteiger partial charge in [0.05, 0.1) is 36.9 Å². The van der Waals surface area contributed by atoms with E-state index in [1.165, 1.54) is 13.2 Å². The lowest BCUT2D eigenvalue weighted by Gasteiger charge is -2.19. The van der Waals surface area contributed by atoms with Crippen molar-refractivity contribution in [3.8, 4) is 16.9 Å². The molecule has 0 aliphatic heterocycles. The Labute approximate surface area is 259 Å². The van der Waals surface area contributed by atoms with E-state index in [0.29, 0.717) is 48.1 Å². The number of benzene rings is 2. The summed E-state index contributed by atoms with van der Waals surface area (Å²) in [4.78, 5) is 21.6. The van der Waals surface area contributed by atoms with Crippen LogP contribution in [0.25, 0.3) is 11.1 Å². The van der Waals surface area contributed by atoms with Gasteiger partial charge < -0.3 is 25.8 Å². The fourth-order valence-electron chi connectivity index (χ4n) is 4.62. The van der Waals surface area contributed by atoms with Gasteiger partial charge >= 0.3 is 6.18 Å². The maximum Gasteiger partial charge on any atom is 0.421 e. The zero-order valence-electron chi connectivity index (χ0n) is 24.9. The minimum Gasteiger partial charge on any atom is -0.495 e. The average Bonchev–Trinajstić information content (AvgIpc) is 3.50. The van der Waals surface area contributed by atoms with Crippen molar-refractivity contribution in [1.82, 2.24) is 25.1 Å². The van der Waals surface area contributed by atoms with Gasteiger partial charge in [0.15, 0.2) is 14.2 Å². The molecule has 11 nitrogen and oxygen atoms in total. The molecule has 0 amide bonds. The Bertz CT molecular complexity index is 1640. The first kappa shape index (κ1) is 33.5. The maximum atomic E-state index is 14.1. The zero-order chi connectivity index (χ0) is 32.6. The number of hydrogen-bond donors (Lipinski definition) is 4. The van der Waals surface area contributed by atoms with Gasteiger partial charge in [-0.15, -0.1) is 0 Å². The molecular formula is C30H33F3N7O4P. The highest BCUT2D eigenvalue weighted by Crippen LogP contribution is 2.37. The normalized spacial score (nSPS) is 12.2. The number of likely N-dealkylation sites (N-methyl/N-ethyl adjacent to an activating group) is 1. The second-order valence-corrected chi connectivity index (χ2v) is 10.5. The number of halogens is 3. The van der Waals surface area contributed by atoms with Crippen molar-refractivity contribution in [2.45, 2.75) is 44.7 Å². The number of ketones is 1. The van der Waals surface area contributed by atoms with Crippen molar-refractivity contribution in [3.63, 3.8) is 0 Å². The molecule has 4 rings (SSSR count). The van der Waals surface area contributed by atoms with Crippen LogP contribution in [0.1, 0.15) is 41.3 Å². The number of methoxy groups -OCH3 is 1. The number of hydrogen-bond acceptors (Lipinski definition) is 10. The smallest absolute Gasteiger partial charge is 0.421 e. The van der Waals surface area contributed by atoms with Gasteiger partial charge in [0.2, 0.25) is 5.95 Å². The minimum atomic E-state index is -4.80. The van der Waals surface area contributed by atoms with E-state index in [9.17, 15) is 22.5 Å². The molecule has 2 heterocycles. The molecule has 0 saturated carbocycles. The van der Waals surface area contributed by atoms with Crippen LogP contribution in [0.2, 0.25) is 0 Å². The predicted octanol–water partition coefficient (Wildman–Crippen LogP) is 6.21. The van der Waals surface area contributed by atoms with Gasteiger partial charge in [-0.3, -0.25) is 14.0 Å². The van der Waals surface area contributed by atoms with Crippen LogP contribution in [0.5, 0.6) is 5.75 Å². The van der Waals surface area contributed by atoms with Gasteiger partial charge in [-0.25, -0.2) is 4.98 Å². The van der Waals surface area contributed by atoms with Crippen molar-refractivity contribution in [2.75, 3.05) is 31.4 Å². The number of aliphatic hydroxyl groups is 1. The predicted molar refractivity (Wildman–Crippen MR) is 165 cm³/mol. The molecule has 1 unspecified atom stereocenters. The van der Waals surface area contributed by atoms with Gasteiger partial charge in [-0.05, 0) is 55.3 Å². The number of ether oxygens (including phenoxy) is 1. The number of carbonyl (C=O) groups is 1. The van der Waals surface area contributed by atoms with Gasteiger partial charge in [0.1, 0.15) is 17.1 Å². The van der Waals surface area contributed by atoms with Crippen molar-refractivity contribution >= 4 is 37.4 Å². The fourth-order valence-corrected chi connectivity index (χ4v) is 4.96. The molecule has 15 heteroatoms. The summed E-state index contributed by atoms with van der Waals surface area (Å²) in [7, 11) is 2.99. The van der Waals surface area contributed by atoms with Crippen LogP contribution in [0.15, 0.2) is 55.0 Å². The third-order valence-electron chi connectivity index (χ3n) is 6.98. The van der Waals surface area contributed by atoms with Crippen LogP contribution in [-0.4, -0.2) is 57.4 Å². The third kappa shape index (κ3) is 8.21. The lowest BCUT2D eigenvalue weighted by molar-refractivity contribution is -0.137. The van der Waals surface area contributed by atoms with Gasteiger partial charge in [0, 0.05) is 36.7 Å². The molecule has 0 radical (unpaired) electrons. The van der Waals surface area contributed by atoms with E-state index in [-0.39, 0.29) is 44.2 Å². The SMILES string of the molecule is CCC(NC)C(=O)c1cc(-c2cnn(CCCO)c2)ccc1Nc1nc(Nc2ccc(CP=O)cc2OC)ncc1C(F)(F)F. The molecular weight excluding hydrogens is 610 g/mol. The monoisotopic (exact) mass is 643 g/mol. The van der Waals surface area contributed by atoms with Crippen LogP contribution in [0.4, 0.5) is 36.3 Å². The van der Waals surface area contributed by atoms with E-state index in [2.05, 4.69) is 31.0 Å². The lowest BCUT2D eigenvalue weighted by Crippen LogP contribution is -2.33. The van der Waals surface area contributed by atoms with Crippen LogP contribution < -0.4 is 20.7 Å². The molecule has 238 valence electrons. The highest BCUT2D eigenvalue weighted by Gasteiger charge is 2.36. The molecule has 4 aromatic rings. The number of rotatable bonds is 15. The Morgan fingerprint density at radius 1 is 1.11 bits per heavy atom. The first-order valence-corrected chi connectivity index (χ1v) is 15.0. The number of aliphatic hydroxyl groups excluding tert-OH is 1. The molecule has 4 N–H and O–H groups in total. The lowest BCUT2D eigenvalue weighted by atomic mass is 9.96. The Morgan fingerprint density at radius 2 is 1.89 bits per heavy atom. The number of carbonyl (C=O) groups excluding carboxylic acids is 1. The quantitative estimate of drug-likeness (QED) is 0.0872. The summed E-state index contributed by atoms with van der Waals surface area (Å²) in [5.41, 5.74) is 1.61. The Kier molecular flexibility index (Phi) is 11.2. The molecule has 2 aromatic heterocycles. The van der Waals surface area contributed by atoms with Gasteiger partial charge in [-0.1, -0.05) is 19.1 Å². The minimum absolute atomic E-state index is 0.0128. The molecule has 0 fully saturated rings. The van der Waals surface area contributed by atoms with Crippen LogP contribution >= 0.6 is 8.46 Å². The van der Waals surface area contributed by atoms with Crippen LogP contribution in [-0.2, 0) is 23.4 Å². The highest BCUT2D eigenvalue weighted by molar-refractivity contribution is 7.22. The number of aryl methyl sites for hydroxylation is 1. The standard InChI is InChI=1S/C30H33F3N7O4P/c1-4-23(34-2)27(42)21-13-19(20-14-36-40(16-20)10-5-11-41)7-9-24(21)37-28-22(30(31,32)33)15-35-29(39-28)38-25-8-6-18(17-45-43)12-26(25)44-3/h6-9,12-16,23,34,41H,4-5,10-11,17H2,1-3H3,(H2,35,37,38,39). The van der Waals surface area contributed by atoms with E-state index >= 15 is 0 Å². The average molecular weight is 644 g/mol. The highest BCUT2D eigenvalue weighted by atomic mass is 31.1. The Hall–Kier alpha value is -4.39. The van der Waals surface area contributed by atoms with E-state index in [4.69, 9.17) is 9.84 Å². The Balaban J connectivity index is 1.75. The summed E-state index contributed by atoms with van der Waals surface area (Å²) in [5, 5.41) is 22.0. The number of aromatic nitrogens is 4. The molecule has 45 heavy (non-hydrogen) atoms.